The zero-order chi connectivity index (χ0) is 14.8. The summed E-state index contributed by atoms with van der Waals surface area (Å²) in [6.07, 6.45) is 5.57. The van der Waals surface area contributed by atoms with Crippen molar-refractivity contribution in [1.82, 2.24) is 4.90 Å². The first-order chi connectivity index (χ1) is 10.9. The number of fused-ring (bicyclic) bond motifs is 1. The molecule has 2 heterocycles. The molecule has 22 heavy (non-hydrogen) atoms. The summed E-state index contributed by atoms with van der Waals surface area (Å²) in [6.45, 7) is 1.30. The molecule has 0 aromatic heterocycles. The van der Waals surface area contributed by atoms with Crippen LogP contribution in [0.4, 0.5) is 0 Å². The molecule has 2 aromatic carbocycles. The van der Waals surface area contributed by atoms with Gasteiger partial charge in [0.1, 0.15) is 0 Å². The van der Waals surface area contributed by atoms with Crippen molar-refractivity contribution in [3.8, 4) is 0 Å². The van der Waals surface area contributed by atoms with Crippen LogP contribution in [0.2, 0.25) is 4.82 Å². The molecule has 4 rings (SSSR count). The van der Waals surface area contributed by atoms with Crippen molar-refractivity contribution in [3.05, 3.63) is 66.2 Å². The third-order valence-corrected chi connectivity index (χ3v) is 7.76. The van der Waals surface area contributed by atoms with E-state index in [4.69, 9.17) is 0 Å². The Balaban J connectivity index is 1.47. The van der Waals surface area contributed by atoms with E-state index in [1.54, 1.807) is 4.46 Å². The van der Waals surface area contributed by atoms with Crippen LogP contribution in [0.15, 0.2) is 60.7 Å². The summed E-state index contributed by atoms with van der Waals surface area (Å²) in [5.41, 5.74) is 1.53. The van der Waals surface area contributed by atoms with Crippen LogP contribution in [-0.2, 0) is 0 Å². The SMILES string of the molecule is c1ccc([Se][C@H]2CC[C@H]3CC[C@@H](c4ccccc4)N3C2)cc1. The predicted octanol–water partition coefficient (Wildman–Crippen LogP) is 3.80. The second-order valence-corrected chi connectivity index (χ2v) is 9.37. The molecule has 2 saturated heterocycles. The van der Waals surface area contributed by atoms with E-state index < -0.39 is 0 Å². The van der Waals surface area contributed by atoms with E-state index in [9.17, 15) is 0 Å². The van der Waals surface area contributed by atoms with Gasteiger partial charge in [0.2, 0.25) is 0 Å². The molecule has 2 fully saturated rings. The predicted molar refractivity (Wildman–Crippen MR) is 93.7 cm³/mol. The van der Waals surface area contributed by atoms with Crippen molar-refractivity contribution in [3.63, 3.8) is 0 Å². The van der Waals surface area contributed by atoms with Crippen molar-refractivity contribution >= 4 is 19.4 Å². The molecule has 114 valence electrons. The van der Waals surface area contributed by atoms with E-state index in [1.807, 2.05) is 0 Å². The molecule has 0 aliphatic carbocycles. The molecule has 3 atom stereocenters. The summed E-state index contributed by atoms with van der Waals surface area (Å²) >= 11 is 0.621. The second kappa shape index (κ2) is 6.58. The van der Waals surface area contributed by atoms with E-state index in [0.717, 1.165) is 10.9 Å². The fraction of sp³-hybridized carbons (Fsp3) is 0.400. The Morgan fingerprint density at radius 2 is 1.45 bits per heavy atom. The molecule has 0 amide bonds. The van der Waals surface area contributed by atoms with Crippen LogP contribution in [0.1, 0.15) is 37.3 Å². The normalized spacial score (nSPS) is 28.5. The maximum atomic E-state index is 2.83. The minimum absolute atomic E-state index is 0.621. The summed E-state index contributed by atoms with van der Waals surface area (Å²) in [4.78, 5) is 3.71. The van der Waals surface area contributed by atoms with Gasteiger partial charge in [-0.25, -0.2) is 0 Å². The summed E-state index contributed by atoms with van der Waals surface area (Å²) in [7, 11) is 0. The van der Waals surface area contributed by atoms with E-state index >= 15 is 0 Å². The molecule has 0 saturated carbocycles. The Hall–Kier alpha value is -1.08. The molecule has 0 N–H and O–H groups in total. The molecule has 2 aliphatic heterocycles. The van der Waals surface area contributed by atoms with Crippen molar-refractivity contribution in [1.29, 1.82) is 0 Å². The van der Waals surface area contributed by atoms with Crippen LogP contribution in [0, 0.1) is 0 Å². The van der Waals surface area contributed by atoms with Gasteiger partial charge in [-0.1, -0.05) is 0 Å². The van der Waals surface area contributed by atoms with E-state index in [1.165, 1.54) is 37.8 Å². The van der Waals surface area contributed by atoms with Crippen LogP contribution < -0.4 is 4.46 Å². The van der Waals surface area contributed by atoms with Gasteiger partial charge in [-0.3, -0.25) is 0 Å². The molecule has 0 spiro atoms. The number of rotatable bonds is 3. The molecular formula is C20H23NSe. The molecule has 1 nitrogen and oxygen atoms in total. The quantitative estimate of drug-likeness (QED) is 0.756. The van der Waals surface area contributed by atoms with Crippen molar-refractivity contribution < 1.29 is 0 Å². The summed E-state index contributed by atoms with van der Waals surface area (Å²) < 4.78 is 1.56. The van der Waals surface area contributed by atoms with Gasteiger partial charge in [-0.05, 0) is 0 Å². The van der Waals surface area contributed by atoms with Gasteiger partial charge in [0.15, 0.2) is 0 Å². The Morgan fingerprint density at radius 1 is 0.773 bits per heavy atom. The molecule has 2 aromatic rings. The van der Waals surface area contributed by atoms with Crippen LogP contribution >= 0.6 is 0 Å². The average molecular weight is 356 g/mol. The van der Waals surface area contributed by atoms with Gasteiger partial charge >= 0.3 is 140 Å². The van der Waals surface area contributed by atoms with Gasteiger partial charge in [-0.15, -0.1) is 0 Å². The van der Waals surface area contributed by atoms with E-state index in [0.29, 0.717) is 21.0 Å². The number of piperidine rings is 1. The maximum absolute atomic E-state index is 2.83. The van der Waals surface area contributed by atoms with Gasteiger partial charge < -0.3 is 0 Å². The van der Waals surface area contributed by atoms with Gasteiger partial charge in [0.05, 0.1) is 0 Å². The van der Waals surface area contributed by atoms with E-state index in [2.05, 4.69) is 65.6 Å². The molecule has 0 bridgehead atoms. The van der Waals surface area contributed by atoms with Gasteiger partial charge in [-0.2, -0.15) is 0 Å². The minimum atomic E-state index is 0.621. The molecule has 0 radical (unpaired) electrons. The number of hydrogen-bond acceptors (Lipinski definition) is 1. The Labute approximate surface area is 139 Å². The Morgan fingerprint density at radius 3 is 2.23 bits per heavy atom. The fourth-order valence-electron chi connectivity index (χ4n) is 4.05. The van der Waals surface area contributed by atoms with Crippen molar-refractivity contribution in [2.75, 3.05) is 6.54 Å². The standard InChI is InChI=1S/C20H23NSe/c1-3-7-16(8-4-1)20-14-12-17-11-13-19(15-21(17)20)22-18-9-5-2-6-10-18/h1-10,17,19-20H,11-15H2/t17-,19-,20-/m0/s1. The Bertz CT molecular complexity index is 598. The second-order valence-electron chi connectivity index (χ2n) is 6.48. The van der Waals surface area contributed by atoms with Crippen LogP contribution in [0.3, 0.4) is 0 Å². The molecule has 0 unspecified atom stereocenters. The van der Waals surface area contributed by atoms with Crippen LogP contribution in [0.25, 0.3) is 0 Å². The number of hydrogen-bond donors (Lipinski definition) is 0. The van der Waals surface area contributed by atoms with Gasteiger partial charge in [0.25, 0.3) is 0 Å². The van der Waals surface area contributed by atoms with Crippen LogP contribution in [0.5, 0.6) is 0 Å². The molecule has 2 heteroatoms. The third-order valence-electron chi connectivity index (χ3n) is 5.11. The zero-order valence-corrected chi connectivity index (χ0v) is 14.6. The Kier molecular flexibility index (Phi) is 4.34. The first-order valence-corrected chi connectivity index (χ1v) is 10.3. The summed E-state index contributed by atoms with van der Waals surface area (Å²) in [5.74, 6) is 0. The van der Waals surface area contributed by atoms with Crippen LogP contribution in [-0.4, -0.2) is 32.4 Å². The monoisotopic (exact) mass is 357 g/mol. The topological polar surface area (TPSA) is 3.24 Å². The third kappa shape index (κ3) is 3.01. The number of nitrogens with zero attached hydrogens (tertiary/aromatic N) is 1. The first kappa shape index (κ1) is 14.5. The van der Waals surface area contributed by atoms with E-state index in [-0.39, 0.29) is 0 Å². The molecular weight excluding hydrogens is 333 g/mol. The van der Waals surface area contributed by atoms with Gasteiger partial charge in [0, 0.05) is 0 Å². The summed E-state index contributed by atoms with van der Waals surface area (Å²) in [6, 6.07) is 23.8. The van der Waals surface area contributed by atoms with Crippen molar-refractivity contribution in [2.24, 2.45) is 0 Å². The molecule has 2 aliphatic rings. The average Bonchev–Trinajstić information content (AvgIpc) is 3.00. The fourth-order valence-corrected chi connectivity index (χ4v) is 6.57. The number of benzene rings is 2. The summed E-state index contributed by atoms with van der Waals surface area (Å²) in [5, 5.41) is 0. The first-order valence-electron chi connectivity index (χ1n) is 8.42. The zero-order valence-electron chi connectivity index (χ0n) is 12.9. The van der Waals surface area contributed by atoms with Crippen molar-refractivity contribution in [2.45, 2.75) is 42.6 Å².